The van der Waals surface area contributed by atoms with Crippen molar-refractivity contribution in [1.29, 1.82) is 0 Å². The van der Waals surface area contributed by atoms with Crippen molar-refractivity contribution >= 4 is 17.7 Å². The average Bonchev–Trinajstić information content (AvgIpc) is 3.04. The Morgan fingerprint density at radius 2 is 2.29 bits per heavy atom. The van der Waals surface area contributed by atoms with Gasteiger partial charge in [-0.15, -0.1) is 0 Å². The number of ether oxygens (including phenoxy) is 1. The maximum Gasteiger partial charge on any atom is 0.309 e. The second kappa shape index (κ2) is 4.57. The number of carbonyl (C=O) groups is 2. The zero-order valence-electron chi connectivity index (χ0n) is 9.90. The fraction of sp³-hybridized carbons (Fsp3) is 0.545. The normalized spacial score (nSPS) is 14.5. The van der Waals surface area contributed by atoms with E-state index < -0.39 is 0 Å². The van der Waals surface area contributed by atoms with Gasteiger partial charge in [0.2, 0.25) is 0 Å². The molecule has 0 bridgehead atoms. The summed E-state index contributed by atoms with van der Waals surface area (Å²) in [5, 5.41) is 6.72. The van der Waals surface area contributed by atoms with E-state index in [9.17, 15) is 9.59 Å². The molecule has 1 aliphatic rings. The van der Waals surface area contributed by atoms with Crippen LogP contribution in [0.2, 0.25) is 0 Å². The summed E-state index contributed by atoms with van der Waals surface area (Å²) in [7, 11) is 1.73. The quantitative estimate of drug-likeness (QED) is 0.779. The summed E-state index contributed by atoms with van der Waals surface area (Å²) in [6.45, 7) is 1.60. The lowest BCUT2D eigenvalue weighted by atomic mass is 10.4. The third kappa shape index (κ3) is 3.05. The first-order valence-corrected chi connectivity index (χ1v) is 5.53. The van der Waals surface area contributed by atoms with Gasteiger partial charge in [0.1, 0.15) is 5.82 Å². The zero-order valence-corrected chi connectivity index (χ0v) is 9.90. The van der Waals surface area contributed by atoms with Gasteiger partial charge in [-0.1, -0.05) is 0 Å². The highest BCUT2D eigenvalue weighted by Crippen LogP contribution is 2.29. The van der Waals surface area contributed by atoms with Crippen molar-refractivity contribution in [1.82, 2.24) is 9.78 Å². The molecular formula is C11H15N3O3. The molecular weight excluding hydrogens is 222 g/mol. The SMILES string of the molecule is Cc1cc(NC(=O)COC(=O)C2CC2)n(C)n1. The van der Waals surface area contributed by atoms with Crippen molar-refractivity contribution < 1.29 is 14.3 Å². The summed E-state index contributed by atoms with van der Waals surface area (Å²) < 4.78 is 6.43. The first-order valence-electron chi connectivity index (χ1n) is 5.53. The summed E-state index contributed by atoms with van der Waals surface area (Å²) in [6, 6.07) is 1.75. The van der Waals surface area contributed by atoms with Crippen molar-refractivity contribution in [2.24, 2.45) is 13.0 Å². The molecule has 0 spiro atoms. The van der Waals surface area contributed by atoms with Crippen molar-refractivity contribution in [3.05, 3.63) is 11.8 Å². The van der Waals surface area contributed by atoms with Gasteiger partial charge < -0.3 is 10.1 Å². The summed E-state index contributed by atoms with van der Waals surface area (Å²) in [4.78, 5) is 22.7. The standard InChI is InChI=1S/C11H15N3O3/c1-7-5-9(14(2)13-7)12-10(15)6-17-11(16)8-3-4-8/h5,8H,3-4,6H2,1-2H3,(H,12,15). The molecule has 0 atom stereocenters. The first-order chi connectivity index (χ1) is 8.06. The van der Waals surface area contributed by atoms with E-state index in [4.69, 9.17) is 4.74 Å². The van der Waals surface area contributed by atoms with Crippen LogP contribution in [0.4, 0.5) is 5.82 Å². The van der Waals surface area contributed by atoms with Crippen LogP contribution >= 0.6 is 0 Å². The second-order valence-corrected chi connectivity index (χ2v) is 4.22. The van der Waals surface area contributed by atoms with Crippen LogP contribution in [0.15, 0.2) is 6.07 Å². The maximum absolute atomic E-state index is 11.5. The molecule has 1 fully saturated rings. The monoisotopic (exact) mass is 237 g/mol. The van der Waals surface area contributed by atoms with Gasteiger partial charge in [0.25, 0.3) is 5.91 Å². The summed E-state index contributed by atoms with van der Waals surface area (Å²) in [5.41, 5.74) is 0.817. The van der Waals surface area contributed by atoms with E-state index >= 15 is 0 Å². The Hall–Kier alpha value is -1.85. The smallest absolute Gasteiger partial charge is 0.309 e. The van der Waals surface area contributed by atoms with Gasteiger partial charge in [0.05, 0.1) is 11.6 Å². The van der Waals surface area contributed by atoms with Gasteiger partial charge in [-0.2, -0.15) is 5.10 Å². The molecule has 1 N–H and O–H groups in total. The van der Waals surface area contributed by atoms with E-state index in [1.807, 2.05) is 6.92 Å². The number of anilines is 1. The minimum Gasteiger partial charge on any atom is -0.455 e. The summed E-state index contributed by atoms with van der Waals surface area (Å²) in [5.74, 6) is -0.0138. The number of carbonyl (C=O) groups excluding carboxylic acids is 2. The Bertz CT molecular complexity index is 449. The molecule has 92 valence electrons. The van der Waals surface area contributed by atoms with E-state index in [2.05, 4.69) is 10.4 Å². The minimum atomic E-state index is -0.345. The molecule has 2 rings (SSSR count). The lowest BCUT2D eigenvalue weighted by Gasteiger charge is -2.05. The predicted molar refractivity (Wildman–Crippen MR) is 60.3 cm³/mol. The number of hydrogen-bond acceptors (Lipinski definition) is 4. The highest BCUT2D eigenvalue weighted by molar-refractivity contribution is 5.92. The highest BCUT2D eigenvalue weighted by atomic mass is 16.5. The molecule has 1 amide bonds. The molecule has 1 aromatic rings. The lowest BCUT2D eigenvalue weighted by molar-refractivity contribution is -0.148. The molecule has 6 nitrogen and oxygen atoms in total. The Balaban J connectivity index is 1.80. The van der Waals surface area contributed by atoms with Gasteiger partial charge in [-0.25, -0.2) is 0 Å². The van der Waals surface area contributed by atoms with Crippen LogP contribution in [0.5, 0.6) is 0 Å². The molecule has 1 aliphatic carbocycles. The molecule has 1 heterocycles. The molecule has 17 heavy (non-hydrogen) atoms. The summed E-state index contributed by atoms with van der Waals surface area (Å²) >= 11 is 0. The van der Waals surface area contributed by atoms with Crippen LogP contribution in [-0.2, 0) is 21.4 Å². The van der Waals surface area contributed by atoms with E-state index in [0.29, 0.717) is 5.82 Å². The molecule has 1 aromatic heterocycles. The molecule has 1 saturated carbocycles. The van der Waals surface area contributed by atoms with Crippen molar-refractivity contribution in [3.8, 4) is 0 Å². The van der Waals surface area contributed by atoms with Gasteiger partial charge in [0, 0.05) is 13.1 Å². The number of esters is 1. The second-order valence-electron chi connectivity index (χ2n) is 4.22. The van der Waals surface area contributed by atoms with E-state index in [0.717, 1.165) is 18.5 Å². The average molecular weight is 237 g/mol. The highest BCUT2D eigenvalue weighted by Gasteiger charge is 2.31. The Morgan fingerprint density at radius 3 is 2.82 bits per heavy atom. The Kier molecular flexibility index (Phi) is 3.12. The van der Waals surface area contributed by atoms with E-state index in [1.54, 1.807) is 17.8 Å². The van der Waals surface area contributed by atoms with Gasteiger partial charge >= 0.3 is 5.97 Å². The van der Waals surface area contributed by atoms with Gasteiger partial charge in [-0.05, 0) is 19.8 Å². The van der Waals surface area contributed by atoms with E-state index in [1.165, 1.54) is 0 Å². The number of rotatable bonds is 4. The van der Waals surface area contributed by atoms with Gasteiger partial charge in [0.15, 0.2) is 6.61 Å². The Morgan fingerprint density at radius 1 is 1.59 bits per heavy atom. The third-order valence-electron chi connectivity index (χ3n) is 2.53. The fourth-order valence-electron chi connectivity index (χ4n) is 1.48. The molecule has 0 unspecified atom stereocenters. The van der Waals surface area contributed by atoms with E-state index in [-0.39, 0.29) is 24.4 Å². The van der Waals surface area contributed by atoms with Crippen LogP contribution in [0.25, 0.3) is 0 Å². The van der Waals surface area contributed by atoms with Crippen LogP contribution in [0.1, 0.15) is 18.5 Å². The zero-order chi connectivity index (χ0) is 12.4. The van der Waals surface area contributed by atoms with Crippen molar-refractivity contribution in [2.45, 2.75) is 19.8 Å². The maximum atomic E-state index is 11.5. The number of amides is 1. The fourth-order valence-corrected chi connectivity index (χ4v) is 1.48. The predicted octanol–water partition coefficient (Wildman–Crippen LogP) is 0.620. The van der Waals surface area contributed by atoms with Crippen LogP contribution in [0, 0.1) is 12.8 Å². The number of hydrogen-bond donors (Lipinski definition) is 1. The summed E-state index contributed by atoms with van der Waals surface area (Å²) in [6.07, 6.45) is 1.75. The van der Waals surface area contributed by atoms with Crippen LogP contribution in [-0.4, -0.2) is 28.3 Å². The Labute approximate surface area is 98.9 Å². The number of aryl methyl sites for hydroxylation is 2. The minimum absolute atomic E-state index is 0.0155. The largest absolute Gasteiger partial charge is 0.455 e. The molecule has 0 saturated heterocycles. The number of nitrogens with zero attached hydrogens (tertiary/aromatic N) is 2. The number of nitrogens with one attached hydrogen (secondary N) is 1. The molecule has 0 aromatic carbocycles. The lowest BCUT2D eigenvalue weighted by Crippen LogP contribution is -2.22. The number of aromatic nitrogens is 2. The van der Waals surface area contributed by atoms with Gasteiger partial charge in [-0.3, -0.25) is 14.3 Å². The first kappa shape index (κ1) is 11.6. The van der Waals surface area contributed by atoms with Crippen molar-refractivity contribution in [2.75, 3.05) is 11.9 Å². The van der Waals surface area contributed by atoms with Crippen LogP contribution < -0.4 is 5.32 Å². The molecule has 6 heteroatoms. The topological polar surface area (TPSA) is 73.2 Å². The molecule has 0 aliphatic heterocycles. The van der Waals surface area contributed by atoms with Crippen molar-refractivity contribution in [3.63, 3.8) is 0 Å². The third-order valence-corrected chi connectivity index (χ3v) is 2.53. The van der Waals surface area contributed by atoms with Crippen LogP contribution in [0.3, 0.4) is 0 Å². The molecule has 0 radical (unpaired) electrons.